The summed E-state index contributed by atoms with van der Waals surface area (Å²) in [5.74, 6) is 0.117. The SMILES string of the molecule is O=S(=O)(CCCl)NCCc1ccsc1. The highest BCUT2D eigenvalue weighted by Crippen LogP contribution is 2.05. The average Bonchev–Trinajstić information content (AvgIpc) is 2.56. The Balaban J connectivity index is 2.28. The first kappa shape index (κ1) is 12.0. The second-order valence-electron chi connectivity index (χ2n) is 2.78. The maximum Gasteiger partial charge on any atom is 0.212 e. The van der Waals surface area contributed by atoms with Gasteiger partial charge in [0.15, 0.2) is 0 Å². The van der Waals surface area contributed by atoms with Gasteiger partial charge in [-0.05, 0) is 28.8 Å². The molecule has 6 heteroatoms. The lowest BCUT2D eigenvalue weighted by Crippen LogP contribution is -2.28. The fourth-order valence-electron chi connectivity index (χ4n) is 0.960. The van der Waals surface area contributed by atoms with Crippen LogP contribution in [0.2, 0.25) is 0 Å². The molecule has 14 heavy (non-hydrogen) atoms. The smallest absolute Gasteiger partial charge is 0.212 e. The number of thiophene rings is 1. The van der Waals surface area contributed by atoms with Crippen molar-refractivity contribution in [2.24, 2.45) is 0 Å². The van der Waals surface area contributed by atoms with Crippen LogP contribution < -0.4 is 4.72 Å². The molecule has 0 amide bonds. The van der Waals surface area contributed by atoms with Crippen molar-refractivity contribution in [3.63, 3.8) is 0 Å². The van der Waals surface area contributed by atoms with Gasteiger partial charge >= 0.3 is 0 Å². The Bertz CT molecular complexity index is 347. The number of halogens is 1. The van der Waals surface area contributed by atoms with Gasteiger partial charge in [-0.2, -0.15) is 11.3 Å². The minimum atomic E-state index is -3.16. The lowest BCUT2D eigenvalue weighted by Gasteiger charge is -2.03. The quantitative estimate of drug-likeness (QED) is 0.780. The molecule has 0 atom stereocenters. The highest BCUT2D eigenvalue weighted by atomic mass is 35.5. The standard InChI is InChI=1S/C8H12ClNO2S2/c9-3-6-14(11,12)10-4-1-8-2-5-13-7-8/h2,5,7,10H,1,3-4,6H2. The zero-order chi connectivity index (χ0) is 10.4. The van der Waals surface area contributed by atoms with Crippen LogP contribution in [0.4, 0.5) is 0 Å². The molecule has 1 aromatic rings. The monoisotopic (exact) mass is 253 g/mol. The van der Waals surface area contributed by atoms with Crippen LogP contribution in [-0.4, -0.2) is 26.6 Å². The van der Waals surface area contributed by atoms with Gasteiger partial charge in [-0.25, -0.2) is 13.1 Å². The van der Waals surface area contributed by atoms with E-state index in [1.54, 1.807) is 11.3 Å². The van der Waals surface area contributed by atoms with E-state index in [4.69, 9.17) is 11.6 Å². The molecule has 0 bridgehead atoms. The predicted octanol–water partition coefficient (Wildman–Crippen LogP) is 1.45. The number of hydrogen-bond acceptors (Lipinski definition) is 3. The van der Waals surface area contributed by atoms with E-state index in [1.165, 1.54) is 0 Å². The Morgan fingerprint density at radius 3 is 2.86 bits per heavy atom. The summed E-state index contributed by atoms with van der Waals surface area (Å²) in [6.45, 7) is 0.440. The lowest BCUT2D eigenvalue weighted by atomic mass is 10.2. The van der Waals surface area contributed by atoms with Crippen molar-refractivity contribution in [2.75, 3.05) is 18.2 Å². The first-order valence-corrected chi connectivity index (χ1v) is 7.31. The van der Waals surface area contributed by atoms with Crippen LogP contribution in [0.1, 0.15) is 5.56 Å². The van der Waals surface area contributed by atoms with E-state index >= 15 is 0 Å². The van der Waals surface area contributed by atoms with Gasteiger partial charge in [0.1, 0.15) is 0 Å². The van der Waals surface area contributed by atoms with Gasteiger partial charge in [0, 0.05) is 12.4 Å². The molecule has 0 aliphatic rings. The summed E-state index contributed by atoms with van der Waals surface area (Å²) in [5.41, 5.74) is 1.16. The lowest BCUT2D eigenvalue weighted by molar-refractivity contribution is 0.583. The van der Waals surface area contributed by atoms with E-state index in [-0.39, 0.29) is 11.6 Å². The number of rotatable bonds is 6. The zero-order valence-electron chi connectivity index (χ0n) is 7.57. The van der Waals surface area contributed by atoms with Crippen molar-refractivity contribution in [2.45, 2.75) is 6.42 Å². The Kier molecular flexibility index (Phi) is 4.88. The minimum Gasteiger partial charge on any atom is -0.215 e. The highest BCUT2D eigenvalue weighted by Gasteiger charge is 2.07. The summed E-state index contributed by atoms with van der Waals surface area (Å²) in [4.78, 5) is 0. The predicted molar refractivity (Wildman–Crippen MR) is 60.5 cm³/mol. The van der Waals surface area contributed by atoms with Crippen LogP contribution in [0.5, 0.6) is 0 Å². The molecular weight excluding hydrogens is 242 g/mol. The molecule has 1 aromatic heterocycles. The molecule has 0 saturated heterocycles. The third kappa shape index (κ3) is 4.41. The second kappa shape index (κ2) is 5.70. The Morgan fingerprint density at radius 2 is 2.29 bits per heavy atom. The van der Waals surface area contributed by atoms with Gasteiger partial charge in [-0.15, -0.1) is 11.6 Å². The topological polar surface area (TPSA) is 46.2 Å². The van der Waals surface area contributed by atoms with Crippen LogP contribution in [-0.2, 0) is 16.4 Å². The van der Waals surface area contributed by atoms with E-state index in [0.717, 1.165) is 12.0 Å². The van der Waals surface area contributed by atoms with Crippen molar-refractivity contribution in [3.8, 4) is 0 Å². The van der Waals surface area contributed by atoms with Crippen LogP contribution in [0.25, 0.3) is 0 Å². The molecule has 3 nitrogen and oxygen atoms in total. The number of alkyl halides is 1. The third-order valence-corrected chi connectivity index (χ3v) is 4.19. The van der Waals surface area contributed by atoms with Crippen LogP contribution >= 0.6 is 22.9 Å². The summed E-state index contributed by atoms with van der Waals surface area (Å²) in [6, 6.07) is 1.99. The molecule has 0 unspecified atom stereocenters. The minimum absolute atomic E-state index is 0.0157. The maximum absolute atomic E-state index is 11.2. The zero-order valence-corrected chi connectivity index (χ0v) is 9.96. The molecule has 1 rings (SSSR count). The molecule has 1 N–H and O–H groups in total. The summed E-state index contributed by atoms with van der Waals surface area (Å²) in [7, 11) is -3.16. The number of hydrogen-bond donors (Lipinski definition) is 1. The van der Waals surface area contributed by atoms with Crippen LogP contribution in [0, 0.1) is 0 Å². The fraction of sp³-hybridized carbons (Fsp3) is 0.500. The van der Waals surface area contributed by atoms with E-state index < -0.39 is 10.0 Å². The average molecular weight is 254 g/mol. The number of sulfonamides is 1. The third-order valence-electron chi connectivity index (χ3n) is 1.66. The molecular formula is C8H12ClNO2S2. The van der Waals surface area contributed by atoms with Gasteiger partial charge in [0.05, 0.1) is 5.75 Å². The molecule has 1 heterocycles. The van der Waals surface area contributed by atoms with E-state index in [9.17, 15) is 8.42 Å². The van der Waals surface area contributed by atoms with E-state index in [2.05, 4.69) is 4.72 Å². The van der Waals surface area contributed by atoms with Gasteiger partial charge in [0.25, 0.3) is 0 Å². The Labute approximate surface area is 93.1 Å². The molecule has 0 aromatic carbocycles. The fourth-order valence-corrected chi connectivity index (χ4v) is 3.03. The summed E-state index contributed by atoms with van der Waals surface area (Å²) < 4.78 is 24.8. The van der Waals surface area contributed by atoms with Gasteiger partial charge in [0.2, 0.25) is 10.0 Å². The highest BCUT2D eigenvalue weighted by molar-refractivity contribution is 7.89. The molecule has 0 fully saturated rings. The second-order valence-corrected chi connectivity index (χ2v) is 5.87. The van der Waals surface area contributed by atoms with E-state index in [0.29, 0.717) is 6.54 Å². The van der Waals surface area contributed by atoms with Gasteiger partial charge in [-0.3, -0.25) is 0 Å². The van der Waals surface area contributed by atoms with Crippen LogP contribution in [0.15, 0.2) is 16.8 Å². The first-order chi connectivity index (χ1) is 6.64. The Morgan fingerprint density at radius 1 is 1.50 bits per heavy atom. The normalized spacial score (nSPS) is 11.8. The Hall–Kier alpha value is -0.100. The molecule has 0 radical (unpaired) electrons. The molecule has 0 aliphatic carbocycles. The molecule has 0 spiro atoms. The van der Waals surface area contributed by atoms with E-state index in [1.807, 2.05) is 16.8 Å². The summed E-state index contributed by atoms with van der Waals surface area (Å²) in [5, 5.41) is 3.98. The van der Waals surface area contributed by atoms with Gasteiger partial charge in [-0.1, -0.05) is 0 Å². The molecule has 0 aliphatic heterocycles. The molecule has 80 valence electrons. The van der Waals surface area contributed by atoms with Crippen molar-refractivity contribution < 1.29 is 8.42 Å². The maximum atomic E-state index is 11.2. The van der Waals surface area contributed by atoms with Crippen molar-refractivity contribution in [3.05, 3.63) is 22.4 Å². The van der Waals surface area contributed by atoms with Gasteiger partial charge < -0.3 is 0 Å². The van der Waals surface area contributed by atoms with Crippen molar-refractivity contribution >= 4 is 33.0 Å². The van der Waals surface area contributed by atoms with Crippen LogP contribution in [0.3, 0.4) is 0 Å². The first-order valence-electron chi connectivity index (χ1n) is 4.18. The summed E-state index contributed by atoms with van der Waals surface area (Å²) in [6.07, 6.45) is 0.727. The largest absolute Gasteiger partial charge is 0.215 e. The van der Waals surface area contributed by atoms with Crippen molar-refractivity contribution in [1.82, 2.24) is 4.72 Å². The summed E-state index contributed by atoms with van der Waals surface area (Å²) >= 11 is 6.96. The molecule has 0 saturated carbocycles. The van der Waals surface area contributed by atoms with Crippen molar-refractivity contribution in [1.29, 1.82) is 0 Å². The number of nitrogens with one attached hydrogen (secondary N) is 1.